The summed E-state index contributed by atoms with van der Waals surface area (Å²) < 4.78 is 23.5. The maximum atomic E-state index is 12.9. The first-order valence-corrected chi connectivity index (χ1v) is 7.09. The molecule has 3 aromatic rings. The molecule has 0 radical (unpaired) electrons. The molecule has 1 amide bonds. The van der Waals surface area contributed by atoms with Crippen LogP contribution in [0.1, 0.15) is 27.6 Å². The largest absolute Gasteiger partial charge is 0.466 e. The molecule has 1 N–H and O–H groups in total. The van der Waals surface area contributed by atoms with E-state index in [1.807, 2.05) is 0 Å². The highest BCUT2D eigenvalue weighted by Gasteiger charge is 2.14. The van der Waals surface area contributed by atoms with Crippen molar-refractivity contribution in [1.29, 1.82) is 0 Å². The Bertz CT molecular complexity index is 834. The van der Waals surface area contributed by atoms with Crippen molar-refractivity contribution in [1.82, 2.24) is 10.5 Å². The van der Waals surface area contributed by atoms with Crippen LogP contribution in [0.3, 0.4) is 0 Å². The van der Waals surface area contributed by atoms with Crippen molar-refractivity contribution in [2.24, 2.45) is 0 Å². The number of halogens is 1. The van der Waals surface area contributed by atoms with Gasteiger partial charge in [0.25, 0.3) is 5.91 Å². The van der Waals surface area contributed by atoms with E-state index >= 15 is 0 Å². The lowest BCUT2D eigenvalue weighted by Gasteiger charge is -2.00. The zero-order valence-corrected chi connectivity index (χ0v) is 12.7. The summed E-state index contributed by atoms with van der Waals surface area (Å²) in [5.41, 5.74) is 1.80. The van der Waals surface area contributed by atoms with Crippen LogP contribution in [0, 0.1) is 19.7 Å². The van der Waals surface area contributed by atoms with Gasteiger partial charge in [0.1, 0.15) is 23.0 Å². The zero-order valence-electron chi connectivity index (χ0n) is 12.7. The van der Waals surface area contributed by atoms with Gasteiger partial charge in [0.05, 0.1) is 12.1 Å². The lowest BCUT2D eigenvalue weighted by atomic mass is 10.1. The number of furan rings is 1. The van der Waals surface area contributed by atoms with Gasteiger partial charge in [-0.25, -0.2) is 4.39 Å². The lowest BCUT2D eigenvalue weighted by Crippen LogP contribution is -2.23. The number of carbonyl (C=O) groups excluding carboxylic acids is 1. The number of aromatic nitrogens is 1. The van der Waals surface area contributed by atoms with Crippen LogP contribution in [0.15, 0.2) is 45.3 Å². The van der Waals surface area contributed by atoms with Gasteiger partial charge in [0.2, 0.25) is 0 Å². The van der Waals surface area contributed by atoms with Crippen LogP contribution in [0.2, 0.25) is 0 Å². The van der Waals surface area contributed by atoms with E-state index in [9.17, 15) is 9.18 Å². The van der Waals surface area contributed by atoms with Gasteiger partial charge in [-0.05, 0) is 44.2 Å². The normalized spacial score (nSPS) is 10.7. The molecule has 3 rings (SSSR count). The molecule has 23 heavy (non-hydrogen) atoms. The first kappa shape index (κ1) is 15.0. The Hall–Kier alpha value is -2.89. The minimum atomic E-state index is -0.313. The number of benzene rings is 1. The molecule has 0 atom stereocenters. The highest BCUT2D eigenvalue weighted by Crippen LogP contribution is 2.20. The van der Waals surface area contributed by atoms with E-state index < -0.39 is 0 Å². The number of aryl methyl sites for hydroxylation is 2. The molecule has 118 valence electrons. The minimum Gasteiger partial charge on any atom is -0.466 e. The van der Waals surface area contributed by atoms with E-state index in [2.05, 4.69) is 10.5 Å². The van der Waals surface area contributed by atoms with Gasteiger partial charge in [-0.3, -0.25) is 4.79 Å². The third-order valence-electron chi connectivity index (χ3n) is 3.40. The van der Waals surface area contributed by atoms with Gasteiger partial charge < -0.3 is 14.3 Å². The molecule has 0 bridgehead atoms. The van der Waals surface area contributed by atoms with Crippen LogP contribution >= 0.6 is 0 Å². The van der Waals surface area contributed by atoms with Crippen molar-refractivity contribution in [3.05, 3.63) is 65.0 Å². The molecule has 0 unspecified atom stereocenters. The van der Waals surface area contributed by atoms with Crippen molar-refractivity contribution in [2.75, 3.05) is 0 Å². The van der Waals surface area contributed by atoms with Gasteiger partial charge in [0, 0.05) is 11.6 Å². The van der Waals surface area contributed by atoms with Crippen molar-refractivity contribution < 1.29 is 18.1 Å². The quantitative estimate of drug-likeness (QED) is 0.798. The Morgan fingerprint density at radius 2 is 1.96 bits per heavy atom. The Balaban J connectivity index is 1.66. The number of rotatable bonds is 4. The molecule has 2 aromatic heterocycles. The molecular weight excluding hydrogens is 299 g/mol. The fourth-order valence-corrected chi connectivity index (χ4v) is 2.27. The van der Waals surface area contributed by atoms with Gasteiger partial charge in [-0.1, -0.05) is 5.16 Å². The average molecular weight is 314 g/mol. The topological polar surface area (TPSA) is 68.3 Å². The predicted octanol–water partition coefficient (Wildman–Crippen LogP) is 3.62. The number of nitrogens with one attached hydrogen (secondary N) is 1. The molecule has 2 heterocycles. The minimum absolute atomic E-state index is 0.229. The van der Waals surface area contributed by atoms with Crippen molar-refractivity contribution in [3.63, 3.8) is 0 Å². The summed E-state index contributed by atoms with van der Waals surface area (Å²) in [6.45, 7) is 3.76. The summed E-state index contributed by atoms with van der Waals surface area (Å²) in [5, 5.41) is 6.66. The monoisotopic (exact) mass is 314 g/mol. The van der Waals surface area contributed by atoms with Gasteiger partial charge in [0.15, 0.2) is 5.76 Å². The maximum Gasteiger partial charge on any atom is 0.255 e. The number of nitrogens with zero attached hydrogens (tertiary/aromatic N) is 1. The Kier molecular flexibility index (Phi) is 3.97. The van der Waals surface area contributed by atoms with E-state index in [0.29, 0.717) is 28.5 Å². The second-order valence-electron chi connectivity index (χ2n) is 5.20. The molecule has 6 heteroatoms. The van der Waals surface area contributed by atoms with Crippen LogP contribution in [0.5, 0.6) is 0 Å². The molecule has 0 saturated heterocycles. The summed E-state index contributed by atoms with van der Waals surface area (Å²) >= 11 is 0. The SMILES string of the molecule is Cc1cc(C(=O)NCc2cc(-c3ccc(F)cc3)on2)c(C)o1. The fourth-order valence-electron chi connectivity index (χ4n) is 2.27. The number of carbonyl (C=O) groups is 1. The van der Waals surface area contributed by atoms with Crippen molar-refractivity contribution in [3.8, 4) is 11.3 Å². The summed E-state index contributed by atoms with van der Waals surface area (Å²) in [4.78, 5) is 12.1. The van der Waals surface area contributed by atoms with Crippen LogP contribution < -0.4 is 5.32 Å². The summed E-state index contributed by atoms with van der Waals surface area (Å²) in [6, 6.07) is 9.32. The van der Waals surface area contributed by atoms with E-state index in [0.717, 1.165) is 5.56 Å². The smallest absolute Gasteiger partial charge is 0.255 e. The predicted molar refractivity (Wildman–Crippen MR) is 81.2 cm³/mol. The van der Waals surface area contributed by atoms with Crippen LogP contribution in [0.25, 0.3) is 11.3 Å². The summed E-state index contributed by atoms with van der Waals surface area (Å²) in [7, 11) is 0. The Labute approximate surface area is 132 Å². The van der Waals surface area contributed by atoms with Gasteiger partial charge in [-0.15, -0.1) is 0 Å². The summed E-state index contributed by atoms with van der Waals surface area (Å²) in [5.74, 6) is 1.24. The number of hydrogen-bond acceptors (Lipinski definition) is 4. The van der Waals surface area contributed by atoms with E-state index in [-0.39, 0.29) is 18.3 Å². The standard InChI is InChI=1S/C17H15FN2O3/c1-10-7-15(11(2)22-10)17(21)19-9-14-8-16(23-20-14)12-3-5-13(18)6-4-12/h3-8H,9H2,1-2H3,(H,19,21). The zero-order chi connectivity index (χ0) is 16.4. The molecular formula is C17H15FN2O3. The molecule has 5 nitrogen and oxygen atoms in total. The first-order valence-electron chi connectivity index (χ1n) is 7.09. The molecule has 0 spiro atoms. The van der Waals surface area contributed by atoms with Crippen LogP contribution in [-0.4, -0.2) is 11.1 Å². The lowest BCUT2D eigenvalue weighted by molar-refractivity contribution is 0.0948. The Morgan fingerprint density at radius 1 is 1.22 bits per heavy atom. The highest BCUT2D eigenvalue weighted by atomic mass is 19.1. The average Bonchev–Trinajstić information content (AvgIpc) is 3.12. The van der Waals surface area contributed by atoms with E-state index in [1.165, 1.54) is 12.1 Å². The molecule has 0 fully saturated rings. The maximum absolute atomic E-state index is 12.9. The fraction of sp³-hybridized carbons (Fsp3) is 0.176. The number of amides is 1. The molecule has 0 aliphatic heterocycles. The Morgan fingerprint density at radius 3 is 2.61 bits per heavy atom. The van der Waals surface area contributed by atoms with Crippen molar-refractivity contribution >= 4 is 5.91 Å². The second-order valence-corrected chi connectivity index (χ2v) is 5.20. The van der Waals surface area contributed by atoms with E-state index in [4.69, 9.17) is 8.94 Å². The molecule has 0 aliphatic rings. The van der Waals surface area contributed by atoms with Crippen LogP contribution in [0.4, 0.5) is 4.39 Å². The van der Waals surface area contributed by atoms with Gasteiger partial charge >= 0.3 is 0 Å². The number of hydrogen-bond donors (Lipinski definition) is 1. The van der Waals surface area contributed by atoms with Crippen molar-refractivity contribution in [2.45, 2.75) is 20.4 Å². The third-order valence-corrected chi connectivity index (χ3v) is 3.40. The summed E-state index contributed by atoms with van der Waals surface area (Å²) in [6.07, 6.45) is 0. The van der Waals surface area contributed by atoms with Gasteiger partial charge in [-0.2, -0.15) is 0 Å². The highest BCUT2D eigenvalue weighted by molar-refractivity contribution is 5.95. The third kappa shape index (κ3) is 3.31. The van der Waals surface area contributed by atoms with Crippen LogP contribution in [-0.2, 0) is 6.54 Å². The first-order chi connectivity index (χ1) is 11.0. The van der Waals surface area contributed by atoms with E-state index in [1.54, 1.807) is 38.1 Å². The second kappa shape index (κ2) is 6.08. The molecule has 0 saturated carbocycles. The molecule has 1 aromatic carbocycles. The molecule has 0 aliphatic carbocycles.